The topological polar surface area (TPSA) is 12.0 Å². The number of thiophene rings is 1. The van der Waals surface area contributed by atoms with Crippen LogP contribution in [0.3, 0.4) is 0 Å². The first-order valence-corrected chi connectivity index (χ1v) is 6.96. The van der Waals surface area contributed by atoms with Crippen LogP contribution < -0.4 is 5.32 Å². The fraction of sp³-hybridized carbons (Fsp3) is 0.286. The molecule has 0 unspecified atom stereocenters. The first kappa shape index (κ1) is 12.5. The third kappa shape index (κ3) is 3.24. The predicted molar refractivity (Wildman–Crippen MR) is 77.2 cm³/mol. The molecular weight excluding hydrogens is 250 g/mol. The predicted octanol–water partition coefficient (Wildman–Crippen LogP) is 4.88. The minimum absolute atomic E-state index is 0.780. The average Bonchev–Trinajstić information content (AvgIpc) is 2.78. The van der Waals surface area contributed by atoms with Gasteiger partial charge in [-0.1, -0.05) is 24.6 Å². The van der Waals surface area contributed by atoms with Crippen molar-refractivity contribution in [3.63, 3.8) is 0 Å². The van der Waals surface area contributed by atoms with Crippen LogP contribution in [0.2, 0.25) is 5.02 Å². The maximum absolute atomic E-state index is 6.14. The van der Waals surface area contributed by atoms with Gasteiger partial charge in [0.2, 0.25) is 0 Å². The Morgan fingerprint density at radius 3 is 2.65 bits per heavy atom. The third-order valence-electron chi connectivity index (χ3n) is 2.64. The van der Waals surface area contributed by atoms with Gasteiger partial charge in [0.25, 0.3) is 0 Å². The average molecular weight is 266 g/mol. The molecule has 1 nitrogen and oxygen atoms in total. The highest BCUT2D eigenvalue weighted by Crippen LogP contribution is 2.24. The number of hydrogen-bond donors (Lipinski definition) is 1. The first-order chi connectivity index (χ1) is 8.19. The Kier molecular flexibility index (Phi) is 4.08. The van der Waals surface area contributed by atoms with Crippen molar-refractivity contribution in [2.75, 3.05) is 5.32 Å². The molecule has 1 heterocycles. The molecule has 90 valence electrons. The van der Waals surface area contributed by atoms with Crippen LogP contribution in [0.4, 0.5) is 5.69 Å². The van der Waals surface area contributed by atoms with Gasteiger partial charge in [0.05, 0.1) is 10.7 Å². The van der Waals surface area contributed by atoms with Gasteiger partial charge in [-0.3, -0.25) is 0 Å². The van der Waals surface area contributed by atoms with Crippen LogP contribution in [0.1, 0.15) is 22.2 Å². The summed E-state index contributed by atoms with van der Waals surface area (Å²) in [4.78, 5) is 2.77. The number of halogens is 1. The lowest BCUT2D eigenvalue weighted by atomic mass is 10.2. The Hall–Kier alpha value is -0.990. The standard InChI is InChI=1S/C14H16ClNS/c1-3-11-5-6-12(17-11)9-16-14-8-10(2)4-7-13(14)15/h4-8,16H,3,9H2,1-2H3. The second-order valence-electron chi connectivity index (χ2n) is 4.06. The van der Waals surface area contributed by atoms with Crippen LogP contribution in [0.5, 0.6) is 0 Å². The van der Waals surface area contributed by atoms with E-state index in [0.29, 0.717) is 0 Å². The van der Waals surface area contributed by atoms with Gasteiger partial charge in [-0.05, 0) is 43.2 Å². The molecule has 0 saturated carbocycles. The zero-order valence-corrected chi connectivity index (χ0v) is 11.7. The lowest BCUT2D eigenvalue weighted by molar-refractivity contribution is 1.19. The minimum atomic E-state index is 0.780. The van der Waals surface area contributed by atoms with Crippen LogP contribution in [-0.4, -0.2) is 0 Å². The Labute approximate surface area is 111 Å². The molecule has 3 heteroatoms. The van der Waals surface area contributed by atoms with Gasteiger partial charge in [-0.2, -0.15) is 0 Å². The van der Waals surface area contributed by atoms with E-state index in [4.69, 9.17) is 11.6 Å². The number of anilines is 1. The lowest BCUT2D eigenvalue weighted by Crippen LogP contribution is -1.98. The van der Waals surface area contributed by atoms with E-state index in [0.717, 1.165) is 23.7 Å². The SMILES string of the molecule is CCc1ccc(CNc2cc(C)ccc2Cl)s1. The van der Waals surface area contributed by atoms with Crippen molar-refractivity contribution < 1.29 is 0 Å². The summed E-state index contributed by atoms with van der Waals surface area (Å²) >= 11 is 7.99. The number of aryl methyl sites for hydroxylation is 2. The van der Waals surface area contributed by atoms with E-state index < -0.39 is 0 Å². The highest BCUT2D eigenvalue weighted by Gasteiger charge is 2.02. The molecule has 2 rings (SSSR count). The normalized spacial score (nSPS) is 10.5. The summed E-state index contributed by atoms with van der Waals surface area (Å²) in [6.45, 7) is 5.09. The van der Waals surface area contributed by atoms with Gasteiger partial charge < -0.3 is 5.32 Å². The number of nitrogens with one attached hydrogen (secondary N) is 1. The number of rotatable bonds is 4. The molecule has 0 bridgehead atoms. The quantitative estimate of drug-likeness (QED) is 0.830. The zero-order valence-electron chi connectivity index (χ0n) is 10.1. The summed E-state index contributed by atoms with van der Waals surface area (Å²) in [6.07, 6.45) is 1.11. The molecule has 1 aromatic heterocycles. The second-order valence-corrected chi connectivity index (χ2v) is 5.72. The Bertz CT molecular complexity index is 505. The van der Waals surface area contributed by atoms with Crippen molar-refractivity contribution in [2.24, 2.45) is 0 Å². The van der Waals surface area contributed by atoms with Crippen LogP contribution in [-0.2, 0) is 13.0 Å². The van der Waals surface area contributed by atoms with Crippen LogP contribution in [0.15, 0.2) is 30.3 Å². The molecule has 2 aromatic rings. The summed E-state index contributed by atoms with van der Waals surface area (Å²) < 4.78 is 0. The van der Waals surface area contributed by atoms with Crippen molar-refractivity contribution >= 4 is 28.6 Å². The number of hydrogen-bond acceptors (Lipinski definition) is 2. The van der Waals surface area contributed by atoms with Gasteiger partial charge in [0, 0.05) is 16.3 Å². The summed E-state index contributed by atoms with van der Waals surface area (Å²) in [6, 6.07) is 10.4. The van der Waals surface area contributed by atoms with Gasteiger partial charge >= 0.3 is 0 Å². The molecular formula is C14H16ClNS. The van der Waals surface area contributed by atoms with Crippen molar-refractivity contribution in [1.29, 1.82) is 0 Å². The monoisotopic (exact) mass is 265 g/mol. The Balaban J connectivity index is 2.04. The van der Waals surface area contributed by atoms with Crippen molar-refractivity contribution in [2.45, 2.75) is 26.8 Å². The van der Waals surface area contributed by atoms with E-state index in [1.54, 1.807) is 0 Å². The molecule has 0 spiro atoms. The van der Waals surface area contributed by atoms with Crippen LogP contribution in [0, 0.1) is 6.92 Å². The molecule has 0 fully saturated rings. The van der Waals surface area contributed by atoms with Crippen LogP contribution >= 0.6 is 22.9 Å². The number of benzene rings is 1. The highest BCUT2D eigenvalue weighted by atomic mass is 35.5. The van der Waals surface area contributed by atoms with Crippen molar-refractivity contribution in [3.05, 3.63) is 50.7 Å². The largest absolute Gasteiger partial charge is 0.379 e. The molecule has 0 aliphatic carbocycles. The van der Waals surface area contributed by atoms with Gasteiger partial charge in [0.1, 0.15) is 0 Å². The van der Waals surface area contributed by atoms with E-state index in [-0.39, 0.29) is 0 Å². The summed E-state index contributed by atoms with van der Waals surface area (Å²) in [5, 5.41) is 4.17. The van der Waals surface area contributed by atoms with Crippen LogP contribution in [0.25, 0.3) is 0 Å². The molecule has 17 heavy (non-hydrogen) atoms. The van der Waals surface area contributed by atoms with Gasteiger partial charge in [-0.15, -0.1) is 11.3 Å². The maximum Gasteiger partial charge on any atom is 0.0637 e. The van der Waals surface area contributed by atoms with Crippen molar-refractivity contribution in [1.82, 2.24) is 0 Å². The molecule has 1 N–H and O–H groups in total. The molecule has 0 radical (unpaired) electrons. The molecule has 0 amide bonds. The summed E-state index contributed by atoms with van der Waals surface area (Å²) in [5.74, 6) is 0. The summed E-state index contributed by atoms with van der Waals surface area (Å²) in [5.41, 5.74) is 2.23. The van der Waals surface area contributed by atoms with E-state index >= 15 is 0 Å². The molecule has 1 aromatic carbocycles. The van der Waals surface area contributed by atoms with E-state index in [1.165, 1.54) is 15.3 Å². The second kappa shape index (κ2) is 5.56. The van der Waals surface area contributed by atoms with E-state index in [2.05, 4.69) is 37.4 Å². The smallest absolute Gasteiger partial charge is 0.0637 e. The molecule has 0 atom stereocenters. The zero-order chi connectivity index (χ0) is 12.3. The fourth-order valence-electron chi connectivity index (χ4n) is 1.66. The first-order valence-electron chi connectivity index (χ1n) is 5.76. The van der Waals surface area contributed by atoms with E-state index in [9.17, 15) is 0 Å². The third-order valence-corrected chi connectivity index (χ3v) is 4.20. The maximum atomic E-state index is 6.14. The fourth-order valence-corrected chi connectivity index (χ4v) is 2.75. The minimum Gasteiger partial charge on any atom is -0.379 e. The van der Waals surface area contributed by atoms with Gasteiger partial charge in [0.15, 0.2) is 0 Å². The molecule has 0 aliphatic rings. The summed E-state index contributed by atoms with van der Waals surface area (Å²) in [7, 11) is 0. The lowest BCUT2D eigenvalue weighted by Gasteiger charge is -2.08. The van der Waals surface area contributed by atoms with E-state index in [1.807, 2.05) is 23.5 Å². The highest BCUT2D eigenvalue weighted by molar-refractivity contribution is 7.12. The molecule has 0 saturated heterocycles. The Morgan fingerprint density at radius 2 is 1.94 bits per heavy atom. The molecule has 0 aliphatic heterocycles. The van der Waals surface area contributed by atoms with Crippen molar-refractivity contribution in [3.8, 4) is 0 Å². The Morgan fingerprint density at radius 1 is 1.18 bits per heavy atom. The van der Waals surface area contributed by atoms with Gasteiger partial charge in [-0.25, -0.2) is 0 Å².